The summed E-state index contributed by atoms with van der Waals surface area (Å²) in [6.07, 6.45) is 0. The number of nitrogens with zero attached hydrogens (tertiary/aromatic N) is 2. The normalized spacial score (nSPS) is 24.4. The third kappa shape index (κ3) is 3.62. The van der Waals surface area contributed by atoms with E-state index in [1.165, 1.54) is 0 Å². The maximum Gasteiger partial charge on any atom is 0.209 e. The van der Waals surface area contributed by atoms with Gasteiger partial charge in [-0.2, -0.15) is 0 Å². The maximum atomic E-state index is 5.51. The number of hydrogen-bond acceptors (Lipinski definition) is 4. The lowest BCUT2D eigenvalue weighted by atomic mass is 10.3. The van der Waals surface area contributed by atoms with Gasteiger partial charge in [0.2, 0.25) is 5.96 Å². The van der Waals surface area contributed by atoms with Gasteiger partial charge in [0.25, 0.3) is 0 Å². The van der Waals surface area contributed by atoms with Crippen molar-refractivity contribution in [1.82, 2.24) is 10.3 Å². The summed E-state index contributed by atoms with van der Waals surface area (Å²) in [4.78, 5) is 6.61. The van der Waals surface area contributed by atoms with E-state index in [2.05, 4.69) is 22.2 Å². The molecular weight excluding hydrogens is 208 g/mol. The van der Waals surface area contributed by atoms with Crippen LogP contribution in [0.2, 0.25) is 0 Å². The first-order valence-corrected chi connectivity index (χ1v) is 5.56. The van der Waals surface area contributed by atoms with Crippen LogP contribution in [-0.4, -0.2) is 56.4 Å². The second-order valence-corrected chi connectivity index (χ2v) is 4.02. The number of hydrogen-bond donors (Lipinski definition) is 2. The predicted molar refractivity (Wildman–Crippen MR) is 63.1 cm³/mol. The number of hydrazine groups is 1. The average molecular weight is 230 g/mol. The Morgan fingerprint density at radius 3 is 3.06 bits per heavy atom. The molecule has 1 aliphatic heterocycles. The number of aliphatic imine (C=N–C) groups is 1. The Hall–Kier alpha value is -0.850. The minimum Gasteiger partial charge on any atom is -0.382 e. The van der Waals surface area contributed by atoms with Gasteiger partial charge in [-0.15, -0.1) is 0 Å². The van der Waals surface area contributed by atoms with Crippen molar-refractivity contribution >= 4 is 5.96 Å². The van der Waals surface area contributed by atoms with Gasteiger partial charge in [-0.1, -0.05) is 0 Å². The number of guanidine groups is 1. The maximum absolute atomic E-state index is 5.51. The van der Waals surface area contributed by atoms with Crippen LogP contribution in [0.5, 0.6) is 0 Å². The quantitative estimate of drug-likeness (QED) is 0.298. The van der Waals surface area contributed by atoms with Crippen LogP contribution >= 0.6 is 0 Å². The molecule has 0 aromatic heterocycles. The number of morpholine rings is 1. The first-order valence-electron chi connectivity index (χ1n) is 5.56. The fourth-order valence-corrected chi connectivity index (χ4v) is 1.72. The molecule has 0 radical (unpaired) electrons. The van der Waals surface area contributed by atoms with Crippen LogP contribution in [0.15, 0.2) is 4.99 Å². The summed E-state index contributed by atoms with van der Waals surface area (Å²) in [5, 5.41) is 0. The van der Waals surface area contributed by atoms with Gasteiger partial charge in [-0.25, -0.2) is 10.8 Å². The third-order valence-corrected chi connectivity index (χ3v) is 2.52. The predicted octanol–water partition coefficient (Wildman–Crippen LogP) is -0.439. The molecule has 0 spiro atoms. The molecule has 2 atom stereocenters. The van der Waals surface area contributed by atoms with Crippen LogP contribution in [0.4, 0.5) is 0 Å². The standard InChI is InChI=1S/C10H22N4O2/c1-8(6-15-3)12-10(13-11)14-4-5-16-7-9(14)2/h8-9H,4-7,11H2,1-3H3,(H,12,13). The van der Waals surface area contributed by atoms with E-state index in [0.29, 0.717) is 31.8 Å². The summed E-state index contributed by atoms with van der Waals surface area (Å²) in [5.74, 6) is 6.21. The smallest absolute Gasteiger partial charge is 0.209 e. The van der Waals surface area contributed by atoms with Crippen molar-refractivity contribution in [1.29, 1.82) is 0 Å². The number of methoxy groups -OCH3 is 1. The molecule has 0 aliphatic carbocycles. The van der Waals surface area contributed by atoms with E-state index in [0.717, 1.165) is 6.54 Å². The fraction of sp³-hybridized carbons (Fsp3) is 0.900. The zero-order valence-electron chi connectivity index (χ0n) is 10.3. The molecule has 1 fully saturated rings. The molecule has 0 amide bonds. The topological polar surface area (TPSA) is 72.1 Å². The molecule has 6 nitrogen and oxygen atoms in total. The van der Waals surface area contributed by atoms with Gasteiger partial charge in [0.1, 0.15) is 0 Å². The lowest BCUT2D eigenvalue weighted by Gasteiger charge is -2.35. The van der Waals surface area contributed by atoms with E-state index < -0.39 is 0 Å². The molecule has 6 heteroatoms. The molecule has 16 heavy (non-hydrogen) atoms. The van der Waals surface area contributed by atoms with E-state index >= 15 is 0 Å². The van der Waals surface area contributed by atoms with Crippen molar-refractivity contribution in [2.24, 2.45) is 10.8 Å². The molecule has 1 rings (SSSR count). The molecule has 0 aromatic rings. The van der Waals surface area contributed by atoms with Gasteiger partial charge in [-0.05, 0) is 13.8 Å². The molecule has 1 heterocycles. The molecule has 2 unspecified atom stereocenters. The Morgan fingerprint density at radius 1 is 1.75 bits per heavy atom. The molecule has 3 N–H and O–H groups in total. The molecule has 94 valence electrons. The number of nitrogens with two attached hydrogens (primary N) is 1. The minimum absolute atomic E-state index is 0.0890. The van der Waals surface area contributed by atoms with Crippen LogP contribution in [0.1, 0.15) is 13.8 Å². The van der Waals surface area contributed by atoms with E-state index in [9.17, 15) is 0 Å². The largest absolute Gasteiger partial charge is 0.382 e. The lowest BCUT2D eigenvalue weighted by molar-refractivity contribution is 0.0312. The highest BCUT2D eigenvalue weighted by Crippen LogP contribution is 2.06. The van der Waals surface area contributed by atoms with Gasteiger partial charge in [-0.3, -0.25) is 5.43 Å². The first-order chi connectivity index (χ1) is 7.69. The Balaban J connectivity index is 2.63. The Morgan fingerprint density at radius 2 is 2.50 bits per heavy atom. The van der Waals surface area contributed by atoms with Crippen molar-refractivity contribution in [3.63, 3.8) is 0 Å². The Labute approximate surface area is 96.8 Å². The zero-order chi connectivity index (χ0) is 12.0. The van der Waals surface area contributed by atoms with E-state index in [4.69, 9.17) is 15.3 Å². The highest BCUT2D eigenvalue weighted by molar-refractivity contribution is 5.80. The fourth-order valence-electron chi connectivity index (χ4n) is 1.72. The lowest BCUT2D eigenvalue weighted by Crippen LogP contribution is -2.54. The average Bonchev–Trinajstić information content (AvgIpc) is 2.27. The summed E-state index contributed by atoms with van der Waals surface area (Å²) in [6, 6.07) is 0.379. The number of ether oxygens (including phenoxy) is 2. The van der Waals surface area contributed by atoms with E-state index in [-0.39, 0.29) is 6.04 Å². The van der Waals surface area contributed by atoms with Gasteiger partial charge >= 0.3 is 0 Å². The van der Waals surface area contributed by atoms with E-state index in [1.807, 2.05) is 6.92 Å². The van der Waals surface area contributed by atoms with Gasteiger partial charge in [0.05, 0.1) is 31.9 Å². The monoisotopic (exact) mass is 230 g/mol. The van der Waals surface area contributed by atoms with Crippen molar-refractivity contribution in [2.75, 3.05) is 33.5 Å². The summed E-state index contributed by atoms with van der Waals surface area (Å²) >= 11 is 0. The highest BCUT2D eigenvalue weighted by atomic mass is 16.5. The van der Waals surface area contributed by atoms with E-state index in [1.54, 1.807) is 7.11 Å². The summed E-state index contributed by atoms with van der Waals surface area (Å²) in [5.41, 5.74) is 2.66. The number of nitrogens with one attached hydrogen (secondary N) is 1. The molecule has 0 saturated carbocycles. The SMILES string of the molecule is COCC(C)N=C(NN)N1CCOCC1C. The summed E-state index contributed by atoms with van der Waals surface area (Å²) < 4.78 is 10.4. The second-order valence-electron chi connectivity index (χ2n) is 4.02. The third-order valence-electron chi connectivity index (χ3n) is 2.52. The van der Waals surface area contributed by atoms with Crippen molar-refractivity contribution < 1.29 is 9.47 Å². The zero-order valence-corrected chi connectivity index (χ0v) is 10.3. The second kappa shape index (κ2) is 6.67. The summed E-state index contributed by atoms with van der Waals surface area (Å²) in [6.45, 7) is 6.90. The van der Waals surface area contributed by atoms with Gasteiger partial charge < -0.3 is 14.4 Å². The number of rotatable bonds is 3. The van der Waals surface area contributed by atoms with Crippen molar-refractivity contribution in [3.05, 3.63) is 0 Å². The molecule has 0 bridgehead atoms. The van der Waals surface area contributed by atoms with Crippen molar-refractivity contribution in [3.8, 4) is 0 Å². The Kier molecular flexibility index (Phi) is 5.51. The molecule has 1 saturated heterocycles. The van der Waals surface area contributed by atoms with Crippen molar-refractivity contribution in [2.45, 2.75) is 25.9 Å². The van der Waals surface area contributed by atoms with Gasteiger partial charge in [0.15, 0.2) is 0 Å². The van der Waals surface area contributed by atoms with Crippen LogP contribution in [0.25, 0.3) is 0 Å². The highest BCUT2D eigenvalue weighted by Gasteiger charge is 2.22. The Bertz CT molecular complexity index is 235. The van der Waals surface area contributed by atoms with Gasteiger partial charge in [0, 0.05) is 13.7 Å². The van der Waals surface area contributed by atoms with Crippen LogP contribution in [0, 0.1) is 0 Å². The van der Waals surface area contributed by atoms with Crippen LogP contribution in [-0.2, 0) is 9.47 Å². The summed E-state index contributed by atoms with van der Waals surface area (Å²) in [7, 11) is 1.67. The molecule has 0 aromatic carbocycles. The van der Waals surface area contributed by atoms with Crippen LogP contribution < -0.4 is 11.3 Å². The van der Waals surface area contributed by atoms with Crippen LogP contribution in [0.3, 0.4) is 0 Å². The molecule has 1 aliphatic rings. The first kappa shape index (κ1) is 13.2. The minimum atomic E-state index is 0.0890. The molecular formula is C10H22N4O2.